The van der Waals surface area contributed by atoms with Gasteiger partial charge in [-0.25, -0.2) is 0 Å². The molecule has 0 amide bonds. The van der Waals surface area contributed by atoms with E-state index in [0.717, 1.165) is 37.5 Å². The first kappa shape index (κ1) is 15.8. The molecule has 1 N–H and O–H groups in total. The van der Waals surface area contributed by atoms with E-state index >= 15 is 0 Å². The zero-order chi connectivity index (χ0) is 15.1. The Morgan fingerprint density at radius 1 is 1.29 bits per heavy atom. The van der Waals surface area contributed by atoms with Gasteiger partial charge in [0.25, 0.3) is 0 Å². The topological polar surface area (TPSA) is 35.9 Å². The van der Waals surface area contributed by atoms with Gasteiger partial charge in [0.1, 0.15) is 19.0 Å². The fourth-order valence-electron chi connectivity index (χ4n) is 2.40. The maximum Gasteiger partial charge on any atom is 0.119 e. The van der Waals surface area contributed by atoms with Crippen LogP contribution in [0.4, 0.5) is 0 Å². The molecule has 1 aromatic carbocycles. The zero-order valence-electron chi connectivity index (χ0n) is 12.9. The van der Waals surface area contributed by atoms with E-state index in [1.807, 2.05) is 24.3 Å². The van der Waals surface area contributed by atoms with E-state index in [9.17, 15) is 0 Å². The summed E-state index contributed by atoms with van der Waals surface area (Å²) in [6.07, 6.45) is 0. The number of benzene rings is 1. The molecular weight excluding hydrogens is 264 g/mol. The highest BCUT2D eigenvalue weighted by Crippen LogP contribution is 2.12. The van der Waals surface area contributed by atoms with E-state index in [0.29, 0.717) is 12.6 Å². The molecule has 1 fully saturated rings. The number of aliphatic hydroxyl groups is 1. The van der Waals surface area contributed by atoms with E-state index in [4.69, 9.17) is 9.84 Å². The Morgan fingerprint density at radius 3 is 2.71 bits per heavy atom. The molecule has 0 saturated carbocycles. The van der Waals surface area contributed by atoms with Crippen LogP contribution in [0.3, 0.4) is 0 Å². The lowest BCUT2D eigenvalue weighted by molar-refractivity contribution is 0.0928. The molecule has 0 spiro atoms. The molecule has 2 rings (SSSR count). The highest BCUT2D eigenvalue weighted by atomic mass is 16.5. The molecule has 21 heavy (non-hydrogen) atoms. The van der Waals surface area contributed by atoms with Crippen LogP contribution < -0.4 is 4.74 Å². The van der Waals surface area contributed by atoms with Crippen LogP contribution in [0.25, 0.3) is 0 Å². The standard InChI is InChI=1S/C17H24N2O2/c1-15-14-19(10-9-18(15)2)11-13-21-17-7-5-16(6-8-17)4-3-12-20/h5-8,15,20H,9-14H2,1-2H3. The lowest BCUT2D eigenvalue weighted by Gasteiger charge is -2.37. The average Bonchev–Trinajstić information content (AvgIpc) is 2.50. The fourth-order valence-corrected chi connectivity index (χ4v) is 2.40. The van der Waals surface area contributed by atoms with Crippen molar-refractivity contribution in [2.45, 2.75) is 13.0 Å². The summed E-state index contributed by atoms with van der Waals surface area (Å²) in [5.74, 6) is 6.37. The minimum atomic E-state index is -0.109. The molecule has 0 aromatic heterocycles. The molecule has 1 saturated heterocycles. The molecule has 4 heteroatoms. The van der Waals surface area contributed by atoms with E-state index in [1.54, 1.807) is 0 Å². The lowest BCUT2D eigenvalue weighted by atomic mass is 10.2. The van der Waals surface area contributed by atoms with Crippen molar-refractivity contribution in [3.8, 4) is 17.6 Å². The number of nitrogens with zero attached hydrogens (tertiary/aromatic N) is 2. The van der Waals surface area contributed by atoms with Crippen LogP contribution in [0.5, 0.6) is 5.75 Å². The van der Waals surface area contributed by atoms with Gasteiger partial charge < -0.3 is 14.7 Å². The first-order chi connectivity index (χ1) is 10.2. The summed E-state index contributed by atoms with van der Waals surface area (Å²) in [5, 5.41) is 8.65. The summed E-state index contributed by atoms with van der Waals surface area (Å²) < 4.78 is 5.78. The normalized spacial score (nSPS) is 19.9. The molecule has 1 heterocycles. The van der Waals surface area contributed by atoms with Gasteiger partial charge in [0.2, 0.25) is 0 Å². The molecule has 1 aliphatic heterocycles. The minimum Gasteiger partial charge on any atom is -0.492 e. The van der Waals surface area contributed by atoms with Crippen LogP contribution in [0.2, 0.25) is 0 Å². The number of likely N-dealkylation sites (N-methyl/N-ethyl adjacent to an activating group) is 1. The molecule has 1 atom stereocenters. The number of rotatable bonds is 4. The second-order valence-corrected chi connectivity index (χ2v) is 5.46. The third-order valence-corrected chi connectivity index (χ3v) is 3.89. The zero-order valence-corrected chi connectivity index (χ0v) is 12.9. The van der Waals surface area contributed by atoms with Crippen molar-refractivity contribution < 1.29 is 9.84 Å². The second-order valence-electron chi connectivity index (χ2n) is 5.46. The Bertz CT molecular complexity index is 490. The van der Waals surface area contributed by atoms with Gasteiger partial charge in [0.15, 0.2) is 0 Å². The maximum atomic E-state index is 8.65. The number of ether oxygens (including phenoxy) is 1. The van der Waals surface area contributed by atoms with Gasteiger partial charge in [-0.1, -0.05) is 11.8 Å². The van der Waals surface area contributed by atoms with Crippen molar-refractivity contribution in [1.29, 1.82) is 0 Å². The summed E-state index contributed by atoms with van der Waals surface area (Å²) in [6.45, 7) is 7.16. The molecule has 1 aromatic rings. The average molecular weight is 288 g/mol. The van der Waals surface area contributed by atoms with Crippen molar-refractivity contribution in [2.75, 3.05) is 46.4 Å². The van der Waals surface area contributed by atoms with Crippen LogP contribution in [0, 0.1) is 11.8 Å². The third kappa shape index (κ3) is 5.05. The number of aliphatic hydroxyl groups excluding tert-OH is 1. The molecule has 1 unspecified atom stereocenters. The predicted octanol–water partition coefficient (Wildman–Crippen LogP) is 1.05. The molecule has 0 radical (unpaired) electrons. The third-order valence-electron chi connectivity index (χ3n) is 3.89. The summed E-state index contributed by atoms with van der Waals surface area (Å²) in [7, 11) is 2.18. The van der Waals surface area contributed by atoms with Crippen molar-refractivity contribution in [2.24, 2.45) is 0 Å². The van der Waals surface area contributed by atoms with Crippen molar-refractivity contribution in [3.05, 3.63) is 29.8 Å². The van der Waals surface area contributed by atoms with Gasteiger partial charge in [0.05, 0.1) is 0 Å². The smallest absolute Gasteiger partial charge is 0.119 e. The molecule has 0 aliphatic carbocycles. The fraction of sp³-hybridized carbons (Fsp3) is 0.529. The van der Waals surface area contributed by atoms with E-state index < -0.39 is 0 Å². The van der Waals surface area contributed by atoms with Crippen LogP contribution in [0.1, 0.15) is 12.5 Å². The van der Waals surface area contributed by atoms with Crippen LogP contribution in [-0.4, -0.2) is 67.4 Å². The number of hydrogen-bond donors (Lipinski definition) is 1. The second kappa shape index (κ2) is 8.04. The SMILES string of the molecule is CC1CN(CCOc2ccc(C#CCO)cc2)CCN1C. The predicted molar refractivity (Wildman–Crippen MR) is 84.4 cm³/mol. The van der Waals surface area contributed by atoms with Crippen molar-refractivity contribution in [3.63, 3.8) is 0 Å². The van der Waals surface area contributed by atoms with Crippen LogP contribution in [-0.2, 0) is 0 Å². The van der Waals surface area contributed by atoms with Gasteiger partial charge in [0, 0.05) is 37.8 Å². The van der Waals surface area contributed by atoms with Gasteiger partial charge in [-0.05, 0) is 38.2 Å². The van der Waals surface area contributed by atoms with Crippen molar-refractivity contribution >= 4 is 0 Å². The summed E-state index contributed by atoms with van der Waals surface area (Å²) in [4.78, 5) is 4.84. The van der Waals surface area contributed by atoms with Gasteiger partial charge in [-0.2, -0.15) is 0 Å². The quantitative estimate of drug-likeness (QED) is 0.840. The Labute approximate surface area is 127 Å². The first-order valence-electron chi connectivity index (χ1n) is 7.44. The Hall–Kier alpha value is -1.54. The van der Waals surface area contributed by atoms with E-state index in [1.165, 1.54) is 0 Å². The number of hydrogen-bond acceptors (Lipinski definition) is 4. The number of piperazine rings is 1. The molecule has 4 nitrogen and oxygen atoms in total. The van der Waals surface area contributed by atoms with Crippen molar-refractivity contribution in [1.82, 2.24) is 9.80 Å². The first-order valence-corrected chi connectivity index (χ1v) is 7.44. The summed E-state index contributed by atoms with van der Waals surface area (Å²) >= 11 is 0. The largest absolute Gasteiger partial charge is 0.492 e. The summed E-state index contributed by atoms with van der Waals surface area (Å²) in [5.41, 5.74) is 0.893. The summed E-state index contributed by atoms with van der Waals surface area (Å²) in [6, 6.07) is 8.29. The highest BCUT2D eigenvalue weighted by molar-refractivity contribution is 5.38. The van der Waals surface area contributed by atoms with Crippen LogP contribution in [0.15, 0.2) is 24.3 Å². The highest BCUT2D eigenvalue weighted by Gasteiger charge is 2.19. The Morgan fingerprint density at radius 2 is 2.05 bits per heavy atom. The molecular formula is C17H24N2O2. The monoisotopic (exact) mass is 288 g/mol. The molecule has 1 aliphatic rings. The van der Waals surface area contributed by atoms with Gasteiger partial charge in [-0.15, -0.1) is 0 Å². The van der Waals surface area contributed by atoms with Gasteiger partial charge in [-0.3, -0.25) is 4.90 Å². The van der Waals surface area contributed by atoms with E-state index in [-0.39, 0.29) is 6.61 Å². The minimum absolute atomic E-state index is 0.109. The molecule has 0 bridgehead atoms. The molecule has 114 valence electrons. The Balaban J connectivity index is 1.73. The lowest BCUT2D eigenvalue weighted by Crippen LogP contribution is -2.50. The van der Waals surface area contributed by atoms with Crippen LogP contribution >= 0.6 is 0 Å². The van der Waals surface area contributed by atoms with Gasteiger partial charge >= 0.3 is 0 Å². The van der Waals surface area contributed by atoms with E-state index in [2.05, 4.69) is 35.6 Å². The maximum absolute atomic E-state index is 8.65. The Kier molecular flexibility index (Phi) is 6.06.